The predicted molar refractivity (Wildman–Crippen MR) is 105 cm³/mol. The van der Waals surface area contributed by atoms with Crippen molar-refractivity contribution >= 4 is 40.6 Å². The Morgan fingerprint density at radius 2 is 1.84 bits per heavy atom. The third-order valence-electron chi connectivity index (χ3n) is 3.95. The summed E-state index contributed by atoms with van der Waals surface area (Å²) in [5.74, 6) is 0.704. The van der Waals surface area contributed by atoms with Crippen molar-refractivity contribution < 1.29 is 9.53 Å². The zero-order chi connectivity index (χ0) is 17.5. The second-order valence-electron chi connectivity index (χ2n) is 5.69. The number of benzene rings is 2. The average Bonchev–Trinajstić information content (AvgIpc) is 2.64. The first-order valence-electron chi connectivity index (χ1n) is 8.33. The van der Waals surface area contributed by atoms with E-state index in [0.717, 1.165) is 47.6 Å². The van der Waals surface area contributed by atoms with Gasteiger partial charge in [-0.1, -0.05) is 35.9 Å². The van der Waals surface area contributed by atoms with Crippen molar-refractivity contribution in [2.75, 3.05) is 42.3 Å². The molecule has 25 heavy (non-hydrogen) atoms. The lowest BCUT2D eigenvalue weighted by molar-refractivity contribution is -0.115. The third kappa shape index (κ3) is 5.14. The summed E-state index contributed by atoms with van der Waals surface area (Å²) in [6, 6.07) is 15.6. The zero-order valence-corrected chi connectivity index (χ0v) is 15.5. The van der Waals surface area contributed by atoms with Crippen LogP contribution < -0.4 is 10.2 Å². The largest absolute Gasteiger partial charge is 0.378 e. The van der Waals surface area contributed by atoms with Gasteiger partial charge in [0, 0.05) is 30.2 Å². The Kier molecular flexibility index (Phi) is 6.62. The van der Waals surface area contributed by atoms with Crippen LogP contribution in [0.1, 0.15) is 6.42 Å². The van der Waals surface area contributed by atoms with Crippen molar-refractivity contribution in [3.05, 3.63) is 53.6 Å². The highest BCUT2D eigenvalue weighted by Crippen LogP contribution is 2.28. The highest BCUT2D eigenvalue weighted by Gasteiger charge is 2.15. The monoisotopic (exact) mass is 376 g/mol. The van der Waals surface area contributed by atoms with Crippen LogP contribution in [-0.2, 0) is 9.53 Å². The Morgan fingerprint density at radius 3 is 2.64 bits per heavy atom. The Balaban J connectivity index is 1.55. The second kappa shape index (κ2) is 9.13. The molecular weight excluding hydrogens is 356 g/mol. The third-order valence-corrected chi connectivity index (χ3v) is 5.47. The van der Waals surface area contributed by atoms with Crippen molar-refractivity contribution in [3.8, 4) is 0 Å². The molecule has 1 saturated heterocycles. The molecule has 0 atom stereocenters. The first kappa shape index (κ1) is 18.1. The number of para-hydroxylation sites is 2. The SMILES string of the molecule is O=C(CCSc1ccccc1Cl)Nc1ccccc1N1CCOCC1. The topological polar surface area (TPSA) is 41.6 Å². The summed E-state index contributed by atoms with van der Waals surface area (Å²) in [7, 11) is 0. The lowest BCUT2D eigenvalue weighted by Crippen LogP contribution is -2.36. The quantitative estimate of drug-likeness (QED) is 0.763. The molecule has 2 aromatic rings. The van der Waals surface area contributed by atoms with Crippen molar-refractivity contribution in [2.45, 2.75) is 11.3 Å². The summed E-state index contributed by atoms with van der Waals surface area (Å²) in [6.07, 6.45) is 0.438. The van der Waals surface area contributed by atoms with Crippen LogP contribution in [0.3, 0.4) is 0 Å². The van der Waals surface area contributed by atoms with Gasteiger partial charge in [-0.25, -0.2) is 0 Å². The number of morpholine rings is 1. The molecule has 2 aromatic carbocycles. The van der Waals surface area contributed by atoms with E-state index in [-0.39, 0.29) is 5.91 Å². The standard InChI is InChI=1S/C19H21ClN2O2S/c20-15-5-1-4-8-18(15)25-14-9-19(23)21-16-6-2-3-7-17(16)22-10-12-24-13-11-22/h1-8H,9-14H2,(H,21,23). The van der Waals surface area contributed by atoms with Crippen molar-refractivity contribution in [2.24, 2.45) is 0 Å². The molecule has 0 radical (unpaired) electrons. The van der Waals surface area contributed by atoms with Gasteiger partial charge < -0.3 is 15.0 Å². The van der Waals surface area contributed by atoms with Gasteiger partial charge in [0.2, 0.25) is 5.91 Å². The number of carbonyl (C=O) groups is 1. The summed E-state index contributed by atoms with van der Waals surface area (Å²) in [5.41, 5.74) is 1.91. The van der Waals surface area contributed by atoms with E-state index in [1.165, 1.54) is 0 Å². The molecule has 1 N–H and O–H groups in total. The molecular formula is C19H21ClN2O2S. The summed E-state index contributed by atoms with van der Waals surface area (Å²) in [5, 5.41) is 3.77. The van der Waals surface area contributed by atoms with E-state index in [0.29, 0.717) is 12.2 Å². The predicted octanol–water partition coefficient (Wildman–Crippen LogP) is 4.30. The Hall–Kier alpha value is -1.69. The van der Waals surface area contributed by atoms with Gasteiger partial charge in [-0.2, -0.15) is 0 Å². The summed E-state index contributed by atoms with van der Waals surface area (Å²) >= 11 is 7.74. The maximum absolute atomic E-state index is 12.3. The molecule has 1 aliphatic rings. The maximum Gasteiger partial charge on any atom is 0.225 e. The molecule has 0 spiro atoms. The van der Waals surface area contributed by atoms with E-state index in [9.17, 15) is 4.79 Å². The van der Waals surface area contributed by atoms with Gasteiger partial charge in [0.15, 0.2) is 0 Å². The number of carbonyl (C=O) groups excluding carboxylic acids is 1. The molecule has 0 bridgehead atoms. The highest BCUT2D eigenvalue weighted by molar-refractivity contribution is 7.99. The molecule has 3 rings (SSSR count). The van der Waals surface area contributed by atoms with Gasteiger partial charge in [-0.3, -0.25) is 4.79 Å². The number of nitrogens with zero attached hydrogens (tertiary/aromatic N) is 1. The van der Waals surface area contributed by atoms with Gasteiger partial charge in [-0.15, -0.1) is 11.8 Å². The van der Waals surface area contributed by atoms with Crippen LogP contribution in [-0.4, -0.2) is 38.0 Å². The van der Waals surface area contributed by atoms with E-state index >= 15 is 0 Å². The van der Waals surface area contributed by atoms with Crippen molar-refractivity contribution in [1.29, 1.82) is 0 Å². The molecule has 1 aliphatic heterocycles. The number of anilines is 2. The fourth-order valence-electron chi connectivity index (χ4n) is 2.69. The minimum Gasteiger partial charge on any atom is -0.378 e. The van der Waals surface area contributed by atoms with Gasteiger partial charge in [0.25, 0.3) is 0 Å². The van der Waals surface area contributed by atoms with E-state index in [1.54, 1.807) is 11.8 Å². The molecule has 1 amide bonds. The van der Waals surface area contributed by atoms with Crippen LogP contribution in [0, 0.1) is 0 Å². The Labute approximate surface area is 157 Å². The number of ether oxygens (including phenoxy) is 1. The summed E-state index contributed by atoms with van der Waals surface area (Å²) < 4.78 is 5.40. The van der Waals surface area contributed by atoms with E-state index in [1.807, 2.05) is 48.5 Å². The number of amides is 1. The fourth-order valence-corrected chi connectivity index (χ4v) is 3.88. The molecule has 0 aromatic heterocycles. The molecule has 132 valence electrons. The number of halogens is 1. The second-order valence-corrected chi connectivity index (χ2v) is 7.24. The lowest BCUT2D eigenvalue weighted by atomic mass is 10.2. The number of rotatable bonds is 6. The Morgan fingerprint density at radius 1 is 1.12 bits per heavy atom. The van der Waals surface area contributed by atoms with Crippen LogP contribution >= 0.6 is 23.4 Å². The van der Waals surface area contributed by atoms with Crippen molar-refractivity contribution in [3.63, 3.8) is 0 Å². The maximum atomic E-state index is 12.3. The summed E-state index contributed by atoms with van der Waals surface area (Å²) in [4.78, 5) is 15.6. The molecule has 6 heteroatoms. The average molecular weight is 377 g/mol. The van der Waals surface area contributed by atoms with Crippen LogP contribution in [0.2, 0.25) is 5.02 Å². The summed E-state index contributed by atoms with van der Waals surface area (Å²) in [6.45, 7) is 3.12. The Bertz CT molecular complexity index is 720. The molecule has 0 unspecified atom stereocenters. The van der Waals surface area contributed by atoms with E-state index in [2.05, 4.69) is 10.2 Å². The first-order chi connectivity index (χ1) is 12.2. The number of thioether (sulfide) groups is 1. The molecule has 1 fully saturated rings. The minimum absolute atomic E-state index is 0.0141. The lowest BCUT2D eigenvalue weighted by Gasteiger charge is -2.30. The molecule has 1 heterocycles. The van der Waals surface area contributed by atoms with E-state index < -0.39 is 0 Å². The fraction of sp³-hybridized carbons (Fsp3) is 0.316. The first-order valence-corrected chi connectivity index (χ1v) is 9.69. The van der Waals surface area contributed by atoms with Crippen molar-refractivity contribution in [1.82, 2.24) is 0 Å². The van der Waals surface area contributed by atoms with Crippen LogP contribution in [0.5, 0.6) is 0 Å². The molecule has 0 saturated carbocycles. The smallest absolute Gasteiger partial charge is 0.225 e. The minimum atomic E-state index is 0.0141. The van der Waals surface area contributed by atoms with Gasteiger partial charge in [-0.05, 0) is 24.3 Å². The zero-order valence-electron chi connectivity index (χ0n) is 13.9. The van der Waals surface area contributed by atoms with Crippen LogP contribution in [0.4, 0.5) is 11.4 Å². The number of hydrogen-bond donors (Lipinski definition) is 1. The number of nitrogens with one attached hydrogen (secondary N) is 1. The normalized spacial score (nSPS) is 14.4. The number of hydrogen-bond acceptors (Lipinski definition) is 4. The van der Waals surface area contributed by atoms with Gasteiger partial charge >= 0.3 is 0 Å². The van der Waals surface area contributed by atoms with Crippen LogP contribution in [0.15, 0.2) is 53.4 Å². The highest BCUT2D eigenvalue weighted by atomic mass is 35.5. The molecule has 0 aliphatic carbocycles. The van der Waals surface area contributed by atoms with Gasteiger partial charge in [0.1, 0.15) is 0 Å². The van der Waals surface area contributed by atoms with Crippen LogP contribution in [0.25, 0.3) is 0 Å². The van der Waals surface area contributed by atoms with E-state index in [4.69, 9.17) is 16.3 Å². The van der Waals surface area contributed by atoms with Gasteiger partial charge in [0.05, 0.1) is 29.6 Å². The molecule has 4 nitrogen and oxygen atoms in total.